The van der Waals surface area contributed by atoms with Gasteiger partial charge >= 0.3 is 0 Å². The first-order valence-corrected chi connectivity index (χ1v) is 5.88. The molecule has 0 amide bonds. The number of imidazole rings is 1. The van der Waals surface area contributed by atoms with E-state index in [1.807, 2.05) is 13.0 Å². The lowest BCUT2D eigenvalue weighted by Gasteiger charge is -2.07. The maximum Gasteiger partial charge on any atom is 0.289 e. The second kappa shape index (κ2) is 5.31. The van der Waals surface area contributed by atoms with Crippen LogP contribution in [-0.4, -0.2) is 14.5 Å². The van der Waals surface area contributed by atoms with Crippen molar-refractivity contribution in [1.29, 1.82) is 5.26 Å². The first-order valence-electron chi connectivity index (χ1n) is 5.88. The number of benzene rings is 1. The quantitative estimate of drug-likeness (QED) is 0.621. The van der Waals surface area contributed by atoms with Gasteiger partial charge in [-0.05, 0) is 18.6 Å². The Morgan fingerprint density at radius 1 is 1.53 bits per heavy atom. The highest BCUT2D eigenvalue weighted by molar-refractivity contribution is 5.54. The zero-order valence-corrected chi connectivity index (χ0v) is 10.4. The highest BCUT2D eigenvalue weighted by atomic mass is 16.6. The Hall–Kier alpha value is -2.68. The van der Waals surface area contributed by atoms with Gasteiger partial charge in [0.15, 0.2) is 0 Å². The van der Waals surface area contributed by atoms with Gasteiger partial charge in [0.25, 0.3) is 5.69 Å². The molecule has 0 saturated heterocycles. The molecule has 0 aliphatic heterocycles. The van der Waals surface area contributed by atoms with Gasteiger partial charge in [-0.2, -0.15) is 5.26 Å². The highest BCUT2D eigenvalue weighted by Gasteiger charge is 2.15. The smallest absolute Gasteiger partial charge is 0.289 e. The van der Waals surface area contributed by atoms with Crippen molar-refractivity contribution >= 4 is 5.69 Å². The molecule has 1 aromatic heterocycles. The molecule has 0 atom stereocenters. The Balaban J connectivity index is 2.52. The summed E-state index contributed by atoms with van der Waals surface area (Å²) in [5, 5.41) is 19.8. The molecule has 6 nitrogen and oxygen atoms in total. The summed E-state index contributed by atoms with van der Waals surface area (Å²) in [4.78, 5) is 14.6. The maximum absolute atomic E-state index is 10.9. The van der Waals surface area contributed by atoms with E-state index in [0.29, 0.717) is 5.69 Å². The van der Waals surface area contributed by atoms with E-state index in [2.05, 4.69) is 4.98 Å². The van der Waals surface area contributed by atoms with Gasteiger partial charge in [-0.15, -0.1) is 0 Å². The van der Waals surface area contributed by atoms with Crippen molar-refractivity contribution in [1.82, 2.24) is 9.55 Å². The standard InChI is InChI=1S/C13H12N4O2/c1-2-3-13-15-6-7-16(13)11-5-4-10(9-14)12(8-11)17(18)19/h4-8H,2-3H2,1H3. The summed E-state index contributed by atoms with van der Waals surface area (Å²) in [5.41, 5.74) is 0.522. The van der Waals surface area contributed by atoms with E-state index < -0.39 is 4.92 Å². The van der Waals surface area contributed by atoms with E-state index >= 15 is 0 Å². The number of rotatable bonds is 4. The van der Waals surface area contributed by atoms with Crippen LogP contribution in [0.15, 0.2) is 30.6 Å². The average molecular weight is 256 g/mol. The number of nitriles is 1. The van der Waals surface area contributed by atoms with E-state index in [0.717, 1.165) is 18.7 Å². The lowest BCUT2D eigenvalue weighted by molar-refractivity contribution is -0.385. The molecule has 19 heavy (non-hydrogen) atoms. The summed E-state index contributed by atoms with van der Waals surface area (Å²) >= 11 is 0. The zero-order chi connectivity index (χ0) is 13.8. The van der Waals surface area contributed by atoms with Crippen LogP contribution >= 0.6 is 0 Å². The molecule has 6 heteroatoms. The van der Waals surface area contributed by atoms with E-state index in [9.17, 15) is 10.1 Å². The Labute approximate surface area is 110 Å². The molecule has 0 bridgehead atoms. The SMILES string of the molecule is CCCc1nccn1-c1ccc(C#N)c([N+](=O)[O-])c1. The van der Waals surface area contributed by atoms with Crippen LogP contribution in [0.2, 0.25) is 0 Å². The molecule has 0 spiro atoms. The van der Waals surface area contributed by atoms with Crippen LogP contribution in [0.25, 0.3) is 5.69 Å². The minimum atomic E-state index is -0.543. The lowest BCUT2D eigenvalue weighted by Crippen LogP contribution is -2.02. The van der Waals surface area contributed by atoms with Crippen molar-refractivity contribution in [3.05, 3.63) is 52.1 Å². The molecular weight excluding hydrogens is 244 g/mol. The molecule has 0 unspecified atom stereocenters. The van der Waals surface area contributed by atoms with Crippen molar-refractivity contribution in [2.24, 2.45) is 0 Å². The molecule has 0 N–H and O–H groups in total. The molecule has 0 aliphatic carbocycles. The third-order valence-electron chi connectivity index (χ3n) is 2.77. The lowest BCUT2D eigenvalue weighted by atomic mass is 10.1. The minimum absolute atomic E-state index is 0.0610. The maximum atomic E-state index is 10.9. The Morgan fingerprint density at radius 2 is 2.32 bits per heavy atom. The first-order chi connectivity index (χ1) is 9.17. The molecule has 96 valence electrons. The number of aromatic nitrogens is 2. The summed E-state index contributed by atoms with van der Waals surface area (Å²) in [6.45, 7) is 2.04. The summed E-state index contributed by atoms with van der Waals surface area (Å²) in [6.07, 6.45) is 5.15. The molecule has 1 aromatic carbocycles. The first kappa shape index (κ1) is 12.8. The monoisotopic (exact) mass is 256 g/mol. The largest absolute Gasteiger partial charge is 0.304 e. The second-order valence-electron chi connectivity index (χ2n) is 4.03. The molecule has 2 aromatic rings. The Bertz CT molecular complexity index is 655. The molecule has 0 radical (unpaired) electrons. The summed E-state index contributed by atoms with van der Waals surface area (Å²) in [7, 11) is 0. The normalized spacial score (nSPS) is 10.1. The van der Waals surface area contributed by atoms with Crippen molar-refractivity contribution in [2.75, 3.05) is 0 Å². The van der Waals surface area contributed by atoms with Gasteiger partial charge in [0.05, 0.1) is 10.6 Å². The van der Waals surface area contributed by atoms with Crippen LogP contribution in [0, 0.1) is 21.4 Å². The van der Waals surface area contributed by atoms with Gasteiger partial charge in [-0.25, -0.2) is 4.98 Å². The van der Waals surface area contributed by atoms with E-state index in [4.69, 9.17) is 5.26 Å². The van der Waals surface area contributed by atoms with Crippen molar-refractivity contribution in [3.8, 4) is 11.8 Å². The molecule has 0 aliphatic rings. The van der Waals surface area contributed by atoms with Crippen molar-refractivity contribution in [2.45, 2.75) is 19.8 Å². The predicted octanol–water partition coefficient (Wildman–Crippen LogP) is 2.60. The number of aryl methyl sites for hydroxylation is 1. The number of nitro groups is 1. The van der Waals surface area contributed by atoms with Crippen LogP contribution in [-0.2, 0) is 6.42 Å². The number of nitro benzene ring substituents is 1. The van der Waals surface area contributed by atoms with Crippen molar-refractivity contribution < 1.29 is 4.92 Å². The second-order valence-corrected chi connectivity index (χ2v) is 4.03. The summed E-state index contributed by atoms with van der Waals surface area (Å²) in [6, 6.07) is 6.37. The predicted molar refractivity (Wildman–Crippen MR) is 68.9 cm³/mol. The van der Waals surface area contributed by atoms with Gasteiger partial charge in [0.1, 0.15) is 17.5 Å². The van der Waals surface area contributed by atoms with Gasteiger partial charge in [0, 0.05) is 24.9 Å². The van der Waals surface area contributed by atoms with Crippen LogP contribution in [0.5, 0.6) is 0 Å². The van der Waals surface area contributed by atoms with Crippen LogP contribution in [0.3, 0.4) is 0 Å². The minimum Gasteiger partial charge on any atom is -0.304 e. The van der Waals surface area contributed by atoms with Crippen LogP contribution < -0.4 is 0 Å². The number of nitrogens with zero attached hydrogens (tertiary/aromatic N) is 4. The van der Waals surface area contributed by atoms with Gasteiger partial charge in [-0.1, -0.05) is 6.92 Å². The molecular formula is C13H12N4O2. The molecule has 0 fully saturated rings. The fourth-order valence-electron chi connectivity index (χ4n) is 1.89. The van der Waals surface area contributed by atoms with Crippen LogP contribution in [0.1, 0.15) is 24.7 Å². The fourth-order valence-corrected chi connectivity index (χ4v) is 1.89. The summed E-state index contributed by atoms with van der Waals surface area (Å²) in [5.74, 6) is 0.849. The Morgan fingerprint density at radius 3 is 2.95 bits per heavy atom. The summed E-state index contributed by atoms with van der Waals surface area (Å²) < 4.78 is 1.80. The van der Waals surface area contributed by atoms with Gasteiger partial charge in [0.2, 0.25) is 0 Å². The van der Waals surface area contributed by atoms with E-state index in [-0.39, 0.29) is 11.3 Å². The average Bonchev–Trinajstić information content (AvgIpc) is 2.86. The van der Waals surface area contributed by atoms with E-state index in [1.54, 1.807) is 23.0 Å². The Kier molecular flexibility index (Phi) is 3.57. The topological polar surface area (TPSA) is 84.8 Å². The molecule has 0 saturated carbocycles. The van der Waals surface area contributed by atoms with Gasteiger partial charge < -0.3 is 4.57 Å². The molecule has 2 rings (SSSR count). The van der Waals surface area contributed by atoms with Gasteiger partial charge in [-0.3, -0.25) is 10.1 Å². The number of hydrogen-bond donors (Lipinski definition) is 0. The highest BCUT2D eigenvalue weighted by Crippen LogP contribution is 2.22. The number of hydrogen-bond acceptors (Lipinski definition) is 4. The zero-order valence-electron chi connectivity index (χ0n) is 10.4. The third kappa shape index (κ3) is 2.45. The molecule has 1 heterocycles. The van der Waals surface area contributed by atoms with Crippen LogP contribution in [0.4, 0.5) is 5.69 Å². The van der Waals surface area contributed by atoms with Crippen molar-refractivity contribution in [3.63, 3.8) is 0 Å². The third-order valence-corrected chi connectivity index (χ3v) is 2.77. The fraction of sp³-hybridized carbons (Fsp3) is 0.231. The van der Waals surface area contributed by atoms with E-state index in [1.165, 1.54) is 12.1 Å².